The molecule has 0 amide bonds. The van der Waals surface area contributed by atoms with Crippen LogP contribution in [-0.4, -0.2) is 5.78 Å². The summed E-state index contributed by atoms with van der Waals surface area (Å²) >= 11 is 3.37. The van der Waals surface area contributed by atoms with Crippen LogP contribution in [0, 0.1) is 0 Å². The SMILES string of the molecule is Nc1cccc(CC(=O)Cc2ccc(Br)cc2)c1. The van der Waals surface area contributed by atoms with Crippen molar-refractivity contribution in [1.29, 1.82) is 0 Å². The summed E-state index contributed by atoms with van der Waals surface area (Å²) in [6, 6.07) is 15.3. The average Bonchev–Trinajstić information content (AvgIpc) is 2.32. The van der Waals surface area contributed by atoms with Crippen LogP contribution in [0.4, 0.5) is 5.69 Å². The van der Waals surface area contributed by atoms with Crippen molar-refractivity contribution in [2.45, 2.75) is 12.8 Å². The molecule has 0 aromatic heterocycles. The number of Topliss-reactive ketones (excluding diaryl/α,β-unsaturated/α-hetero) is 1. The quantitative estimate of drug-likeness (QED) is 0.880. The molecule has 0 aliphatic heterocycles. The third-order valence-electron chi connectivity index (χ3n) is 2.67. The Morgan fingerprint density at radius 3 is 2.33 bits per heavy atom. The van der Waals surface area contributed by atoms with Crippen molar-refractivity contribution in [3.05, 3.63) is 64.1 Å². The van der Waals surface area contributed by atoms with Crippen molar-refractivity contribution < 1.29 is 4.79 Å². The summed E-state index contributed by atoms with van der Waals surface area (Å²) in [5.41, 5.74) is 8.39. The van der Waals surface area contributed by atoms with Crippen molar-refractivity contribution in [3.63, 3.8) is 0 Å². The highest BCUT2D eigenvalue weighted by Crippen LogP contribution is 2.13. The molecule has 0 aliphatic carbocycles. The van der Waals surface area contributed by atoms with E-state index in [0.717, 1.165) is 15.6 Å². The van der Waals surface area contributed by atoms with E-state index in [9.17, 15) is 4.79 Å². The van der Waals surface area contributed by atoms with Crippen molar-refractivity contribution in [2.75, 3.05) is 5.73 Å². The van der Waals surface area contributed by atoms with Crippen LogP contribution in [0.15, 0.2) is 53.0 Å². The lowest BCUT2D eigenvalue weighted by atomic mass is 10.0. The van der Waals surface area contributed by atoms with Crippen molar-refractivity contribution in [1.82, 2.24) is 0 Å². The van der Waals surface area contributed by atoms with Crippen LogP contribution in [-0.2, 0) is 17.6 Å². The Balaban J connectivity index is 1.98. The standard InChI is InChI=1S/C15H14BrNO/c16-13-6-4-11(5-7-13)9-15(18)10-12-2-1-3-14(17)8-12/h1-8H,9-10,17H2. The van der Waals surface area contributed by atoms with Gasteiger partial charge in [0.05, 0.1) is 0 Å². The second-order valence-electron chi connectivity index (χ2n) is 4.26. The molecule has 0 saturated carbocycles. The molecule has 0 spiro atoms. The normalized spacial score (nSPS) is 10.3. The minimum absolute atomic E-state index is 0.197. The highest BCUT2D eigenvalue weighted by molar-refractivity contribution is 9.10. The van der Waals surface area contributed by atoms with E-state index in [-0.39, 0.29) is 5.78 Å². The Labute approximate surface area is 115 Å². The van der Waals surface area contributed by atoms with Crippen LogP contribution >= 0.6 is 15.9 Å². The molecule has 0 bridgehead atoms. The molecule has 18 heavy (non-hydrogen) atoms. The predicted octanol–water partition coefficient (Wildman–Crippen LogP) is 3.39. The zero-order valence-electron chi connectivity index (χ0n) is 9.90. The van der Waals surface area contributed by atoms with Gasteiger partial charge in [0.2, 0.25) is 0 Å². The van der Waals surface area contributed by atoms with Gasteiger partial charge in [0, 0.05) is 23.0 Å². The monoisotopic (exact) mass is 303 g/mol. The molecule has 2 rings (SSSR count). The lowest BCUT2D eigenvalue weighted by molar-refractivity contribution is -0.117. The maximum atomic E-state index is 11.9. The number of hydrogen-bond donors (Lipinski definition) is 1. The molecule has 2 N–H and O–H groups in total. The van der Waals surface area contributed by atoms with Gasteiger partial charge in [0.15, 0.2) is 0 Å². The van der Waals surface area contributed by atoms with Gasteiger partial charge < -0.3 is 5.73 Å². The van der Waals surface area contributed by atoms with Crippen molar-refractivity contribution in [3.8, 4) is 0 Å². The third-order valence-corrected chi connectivity index (χ3v) is 3.20. The van der Waals surface area contributed by atoms with E-state index in [4.69, 9.17) is 5.73 Å². The smallest absolute Gasteiger partial charge is 0.141 e. The molecule has 0 saturated heterocycles. The first-order valence-corrected chi connectivity index (χ1v) is 6.53. The molecular formula is C15H14BrNO. The van der Waals surface area contributed by atoms with E-state index in [1.54, 1.807) is 0 Å². The summed E-state index contributed by atoms with van der Waals surface area (Å²) in [5.74, 6) is 0.197. The fourth-order valence-corrected chi connectivity index (χ4v) is 2.09. The Morgan fingerprint density at radius 2 is 1.67 bits per heavy atom. The average molecular weight is 304 g/mol. The summed E-state index contributed by atoms with van der Waals surface area (Å²) < 4.78 is 1.02. The Hall–Kier alpha value is -1.61. The highest BCUT2D eigenvalue weighted by atomic mass is 79.9. The Morgan fingerprint density at radius 1 is 1.00 bits per heavy atom. The van der Waals surface area contributed by atoms with E-state index >= 15 is 0 Å². The second-order valence-corrected chi connectivity index (χ2v) is 5.18. The molecule has 0 atom stereocenters. The molecule has 0 radical (unpaired) electrons. The van der Waals surface area contributed by atoms with Gasteiger partial charge >= 0.3 is 0 Å². The molecule has 0 heterocycles. The number of nitrogen functional groups attached to an aromatic ring is 1. The van der Waals surface area contributed by atoms with Gasteiger partial charge in [-0.05, 0) is 35.4 Å². The first kappa shape index (κ1) is 12.8. The van der Waals surface area contributed by atoms with Crippen molar-refractivity contribution >= 4 is 27.4 Å². The van der Waals surface area contributed by atoms with Crippen LogP contribution < -0.4 is 5.73 Å². The first-order chi connectivity index (χ1) is 8.63. The van der Waals surface area contributed by atoms with E-state index in [2.05, 4.69) is 15.9 Å². The van der Waals surface area contributed by atoms with Gasteiger partial charge in [-0.1, -0.05) is 40.2 Å². The molecule has 0 aliphatic rings. The van der Waals surface area contributed by atoms with Gasteiger partial charge in [-0.25, -0.2) is 0 Å². The lowest BCUT2D eigenvalue weighted by Crippen LogP contribution is -2.06. The zero-order chi connectivity index (χ0) is 13.0. The number of hydrogen-bond acceptors (Lipinski definition) is 2. The van der Waals surface area contributed by atoms with Gasteiger partial charge in [0.25, 0.3) is 0 Å². The van der Waals surface area contributed by atoms with Crippen molar-refractivity contribution in [2.24, 2.45) is 0 Å². The van der Waals surface area contributed by atoms with E-state index in [1.165, 1.54) is 0 Å². The molecule has 0 fully saturated rings. The van der Waals surface area contributed by atoms with Crippen LogP contribution in [0.3, 0.4) is 0 Å². The minimum Gasteiger partial charge on any atom is -0.399 e. The minimum atomic E-state index is 0.197. The number of carbonyl (C=O) groups excluding carboxylic acids is 1. The molecule has 3 heteroatoms. The molecule has 0 unspecified atom stereocenters. The first-order valence-electron chi connectivity index (χ1n) is 5.74. The molecular weight excluding hydrogens is 290 g/mol. The van der Waals surface area contributed by atoms with Crippen LogP contribution in [0.25, 0.3) is 0 Å². The van der Waals surface area contributed by atoms with E-state index < -0.39 is 0 Å². The molecule has 92 valence electrons. The lowest BCUT2D eigenvalue weighted by Gasteiger charge is -2.03. The van der Waals surface area contributed by atoms with Gasteiger partial charge in [-0.3, -0.25) is 4.79 Å². The largest absolute Gasteiger partial charge is 0.399 e. The zero-order valence-corrected chi connectivity index (χ0v) is 11.5. The number of halogens is 1. The summed E-state index contributed by atoms with van der Waals surface area (Å²) in [4.78, 5) is 11.9. The Bertz CT molecular complexity index is 549. The number of ketones is 1. The predicted molar refractivity (Wildman–Crippen MR) is 77.4 cm³/mol. The van der Waals surface area contributed by atoms with Gasteiger partial charge in [-0.15, -0.1) is 0 Å². The number of anilines is 1. The number of benzene rings is 2. The summed E-state index contributed by atoms with van der Waals surface area (Å²) in [6.45, 7) is 0. The Kier molecular flexibility index (Phi) is 4.15. The molecule has 2 aromatic carbocycles. The topological polar surface area (TPSA) is 43.1 Å². The third kappa shape index (κ3) is 3.70. The van der Waals surface area contributed by atoms with E-state index in [1.807, 2.05) is 48.5 Å². The number of nitrogens with two attached hydrogens (primary N) is 1. The number of carbonyl (C=O) groups is 1. The maximum absolute atomic E-state index is 11.9. The van der Waals surface area contributed by atoms with Crippen LogP contribution in [0.1, 0.15) is 11.1 Å². The summed E-state index contributed by atoms with van der Waals surface area (Å²) in [6.07, 6.45) is 0.892. The summed E-state index contributed by atoms with van der Waals surface area (Å²) in [5, 5.41) is 0. The second kappa shape index (κ2) is 5.83. The molecule has 2 nitrogen and oxygen atoms in total. The maximum Gasteiger partial charge on any atom is 0.141 e. The summed E-state index contributed by atoms with van der Waals surface area (Å²) in [7, 11) is 0. The van der Waals surface area contributed by atoms with Gasteiger partial charge in [-0.2, -0.15) is 0 Å². The fraction of sp³-hybridized carbons (Fsp3) is 0.133. The highest BCUT2D eigenvalue weighted by Gasteiger charge is 2.05. The van der Waals surface area contributed by atoms with E-state index in [0.29, 0.717) is 18.5 Å². The molecule has 2 aromatic rings. The number of rotatable bonds is 4. The van der Waals surface area contributed by atoms with Gasteiger partial charge in [0.1, 0.15) is 5.78 Å². The van der Waals surface area contributed by atoms with Crippen LogP contribution in [0.2, 0.25) is 0 Å². The van der Waals surface area contributed by atoms with Crippen LogP contribution in [0.5, 0.6) is 0 Å². The fourth-order valence-electron chi connectivity index (χ4n) is 1.82.